The van der Waals surface area contributed by atoms with Crippen molar-refractivity contribution in [3.63, 3.8) is 0 Å². The minimum atomic E-state index is -0.496. The van der Waals surface area contributed by atoms with E-state index in [1.807, 2.05) is 6.92 Å². The van der Waals surface area contributed by atoms with Crippen LogP contribution < -0.4 is 0 Å². The van der Waals surface area contributed by atoms with Crippen LogP contribution in [0.3, 0.4) is 0 Å². The third kappa shape index (κ3) is 1.98. The lowest BCUT2D eigenvalue weighted by molar-refractivity contribution is 0.0329. The van der Waals surface area contributed by atoms with Gasteiger partial charge in [0.2, 0.25) is 0 Å². The van der Waals surface area contributed by atoms with Gasteiger partial charge in [-0.25, -0.2) is 0 Å². The SMILES string of the molecule is CC1=CCC(C(C)C)=CC2C1CCC2(C)O. The van der Waals surface area contributed by atoms with Crippen LogP contribution >= 0.6 is 0 Å². The van der Waals surface area contributed by atoms with Crippen molar-refractivity contribution in [2.24, 2.45) is 17.8 Å². The third-order valence-corrected chi connectivity index (χ3v) is 4.49. The summed E-state index contributed by atoms with van der Waals surface area (Å²) < 4.78 is 0. The highest BCUT2D eigenvalue weighted by atomic mass is 16.3. The fraction of sp³-hybridized carbons (Fsp3) is 0.733. The minimum Gasteiger partial charge on any atom is -0.390 e. The molecule has 16 heavy (non-hydrogen) atoms. The lowest BCUT2D eigenvalue weighted by atomic mass is 9.83. The normalized spacial score (nSPS) is 39.1. The molecule has 1 fully saturated rings. The van der Waals surface area contributed by atoms with Crippen molar-refractivity contribution in [3.8, 4) is 0 Å². The van der Waals surface area contributed by atoms with Gasteiger partial charge in [0.1, 0.15) is 0 Å². The number of hydrogen-bond acceptors (Lipinski definition) is 1. The number of allylic oxidation sites excluding steroid dienone is 3. The number of rotatable bonds is 1. The summed E-state index contributed by atoms with van der Waals surface area (Å²) in [6.45, 7) is 8.74. The lowest BCUT2D eigenvalue weighted by Crippen LogP contribution is -2.30. The highest BCUT2D eigenvalue weighted by Gasteiger charge is 2.43. The fourth-order valence-electron chi connectivity index (χ4n) is 3.19. The van der Waals surface area contributed by atoms with Crippen LogP contribution in [0.15, 0.2) is 23.3 Å². The molecule has 2 aliphatic carbocycles. The Morgan fingerprint density at radius 2 is 2.12 bits per heavy atom. The summed E-state index contributed by atoms with van der Waals surface area (Å²) in [7, 11) is 0. The summed E-state index contributed by atoms with van der Waals surface area (Å²) in [5.41, 5.74) is 2.48. The fourth-order valence-corrected chi connectivity index (χ4v) is 3.19. The molecule has 2 rings (SSSR count). The zero-order valence-corrected chi connectivity index (χ0v) is 11.0. The molecule has 90 valence electrons. The van der Waals surface area contributed by atoms with E-state index in [-0.39, 0.29) is 0 Å². The number of fused-ring (bicyclic) bond motifs is 1. The monoisotopic (exact) mass is 220 g/mol. The van der Waals surface area contributed by atoms with E-state index in [2.05, 4.69) is 32.9 Å². The summed E-state index contributed by atoms with van der Waals surface area (Å²) in [5, 5.41) is 10.5. The van der Waals surface area contributed by atoms with Gasteiger partial charge >= 0.3 is 0 Å². The second kappa shape index (κ2) is 4.03. The van der Waals surface area contributed by atoms with Crippen molar-refractivity contribution in [2.45, 2.75) is 52.6 Å². The van der Waals surface area contributed by atoms with Crippen LogP contribution in [-0.4, -0.2) is 10.7 Å². The van der Waals surface area contributed by atoms with Crippen molar-refractivity contribution in [2.75, 3.05) is 0 Å². The van der Waals surface area contributed by atoms with Gasteiger partial charge in [-0.2, -0.15) is 0 Å². The second-order valence-corrected chi connectivity index (χ2v) is 6.08. The van der Waals surface area contributed by atoms with Gasteiger partial charge in [-0.15, -0.1) is 0 Å². The molecule has 2 aliphatic rings. The molecular weight excluding hydrogens is 196 g/mol. The maximum atomic E-state index is 10.5. The van der Waals surface area contributed by atoms with E-state index in [1.165, 1.54) is 11.1 Å². The Labute approximate surface area is 99.3 Å². The lowest BCUT2D eigenvalue weighted by Gasteiger charge is -2.27. The highest BCUT2D eigenvalue weighted by molar-refractivity contribution is 5.26. The first kappa shape index (κ1) is 11.9. The molecule has 1 nitrogen and oxygen atoms in total. The van der Waals surface area contributed by atoms with Crippen molar-refractivity contribution in [3.05, 3.63) is 23.3 Å². The molecule has 0 amide bonds. The Hall–Kier alpha value is -0.560. The van der Waals surface area contributed by atoms with Gasteiger partial charge in [-0.05, 0) is 44.9 Å². The summed E-state index contributed by atoms with van der Waals surface area (Å²) in [5.74, 6) is 1.51. The predicted octanol–water partition coefficient (Wildman–Crippen LogP) is 3.70. The standard InChI is InChI=1S/C15H24O/c1-10(2)12-6-5-11(3)13-7-8-15(4,16)14(13)9-12/h5,9-10,13-14,16H,6-8H2,1-4H3. The molecule has 0 spiro atoms. The van der Waals surface area contributed by atoms with E-state index < -0.39 is 5.60 Å². The van der Waals surface area contributed by atoms with E-state index in [0.717, 1.165) is 19.3 Å². The molecule has 3 atom stereocenters. The maximum Gasteiger partial charge on any atom is 0.0688 e. The molecule has 0 saturated heterocycles. The molecular formula is C15H24O. The second-order valence-electron chi connectivity index (χ2n) is 6.08. The van der Waals surface area contributed by atoms with Crippen molar-refractivity contribution in [1.29, 1.82) is 0 Å². The summed E-state index contributed by atoms with van der Waals surface area (Å²) >= 11 is 0. The minimum absolute atomic E-state index is 0.337. The average molecular weight is 220 g/mol. The Bertz CT molecular complexity index is 333. The Kier molecular flexibility index (Phi) is 3.00. The van der Waals surface area contributed by atoms with Crippen LogP contribution in [-0.2, 0) is 0 Å². The van der Waals surface area contributed by atoms with E-state index in [9.17, 15) is 5.11 Å². The summed E-state index contributed by atoms with van der Waals surface area (Å²) in [6.07, 6.45) is 7.90. The van der Waals surface area contributed by atoms with Crippen LogP contribution in [0.4, 0.5) is 0 Å². The molecule has 1 heteroatoms. The smallest absolute Gasteiger partial charge is 0.0688 e. The van der Waals surface area contributed by atoms with Gasteiger partial charge < -0.3 is 5.11 Å². The Morgan fingerprint density at radius 1 is 1.44 bits per heavy atom. The summed E-state index contributed by atoms with van der Waals surface area (Å²) in [6, 6.07) is 0. The number of aliphatic hydroxyl groups is 1. The van der Waals surface area contributed by atoms with Crippen LogP contribution in [0.25, 0.3) is 0 Å². The molecule has 0 aliphatic heterocycles. The van der Waals surface area contributed by atoms with Crippen molar-refractivity contribution in [1.82, 2.24) is 0 Å². The largest absolute Gasteiger partial charge is 0.390 e. The molecule has 0 radical (unpaired) electrons. The zero-order chi connectivity index (χ0) is 11.9. The first-order valence-corrected chi connectivity index (χ1v) is 6.51. The van der Waals surface area contributed by atoms with Crippen LogP contribution in [0.5, 0.6) is 0 Å². The zero-order valence-electron chi connectivity index (χ0n) is 11.0. The average Bonchev–Trinajstić information content (AvgIpc) is 2.38. The van der Waals surface area contributed by atoms with Gasteiger partial charge in [-0.3, -0.25) is 0 Å². The molecule has 0 bridgehead atoms. The molecule has 1 saturated carbocycles. The molecule has 0 heterocycles. The van der Waals surface area contributed by atoms with E-state index in [4.69, 9.17) is 0 Å². The molecule has 3 unspecified atom stereocenters. The van der Waals surface area contributed by atoms with Gasteiger partial charge in [0.25, 0.3) is 0 Å². The molecule has 0 aromatic carbocycles. The first-order chi connectivity index (χ1) is 7.42. The highest BCUT2D eigenvalue weighted by Crippen LogP contribution is 2.47. The van der Waals surface area contributed by atoms with Gasteiger partial charge in [-0.1, -0.05) is 37.1 Å². The Morgan fingerprint density at radius 3 is 2.75 bits per heavy atom. The Balaban J connectivity index is 2.37. The number of hydrogen-bond donors (Lipinski definition) is 1. The topological polar surface area (TPSA) is 20.2 Å². The van der Waals surface area contributed by atoms with E-state index >= 15 is 0 Å². The molecule has 0 aromatic rings. The van der Waals surface area contributed by atoms with Gasteiger partial charge in [0, 0.05) is 5.92 Å². The third-order valence-electron chi connectivity index (χ3n) is 4.49. The predicted molar refractivity (Wildman–Crippen MR) is 68.1 cm³/mol. The van der Waals surface area contributed by atoms with Crippen LogP contribution in [0.1, 0.15) is 47.0 Å². The quantitative estimate of drug-likeness (QED) is 0.668. The van der Waals surface area contributed by atoms with Gasteiger partial charge in [0.05, 0.1) is 5.60 Å². The van der Waals surface area contributed by atoms with E-state index in [1.54, 1.807) is 0 Å². The molecule has 0 aromatic heterocycles. The van der Waals surface area contributed by atoms with Gasteiger partial charge in [0.15, 0.2) is 0 Å². The molecule has 1 N–H and O–H groups in total. The van der Waals surface area contributed by atoms with Crippen LogP contribution in [0.2, 0.25) is 0 Å². The van der Waals surface area contributed by atoms with Crippen molar-refractivity contribution < 1.29 is 5.11 Å². The van der Waals surface area contributed by atoms with E-state index in [0.29, 0.717) is 17.8 Å². The maximum absolute atomic E-state index is 10.5. The van der Waals surface area contributed by atoms with Crippen molar-refractivity contribution >= 4 is 0 Å². The summed E-state index contributed by atoms with van der Waals surface area (Å²) in [4.78, 5) is 0. The van der Waals surface area contributed by atoms with Crippen LogP contribution in [0, 0.1) is 17.8 Å². The first-order valence-electron chi connectivity index (χ1n) is 6.51.